The summed E-state index contributed by atoms with van der Waals surface area (Å²) >= 11 is 1.18. The summed E-state index contributed by atoms with van der Waals surface area (Å²) in [5.74, 6) is -1.05. The quantitative estimate of drug-likeness (QED) is 0.715. The van der Waals surface area contributed by atoms with Crippen LogP contribution >= 0.6 is 11.3 Å². The van der Waals surface area contributed by atoms with E-state index in [9.17, 15) is 9.59 Å². The van der Waals surface area contributed by atoms with Gasteiger partial charge in [-0.2, -0.15) is 0 Å². The molecule has 4 heteroatoms. The van der Waals surface area contributed by atoms with E-state index in [1.54, 1.807) is 6.92 Å². The van der Waals surface area contributed by atoms with Crippen LogP contribution in [0.3, 0.4) is 0 Å². The van der Waals surface area contributed by atoms with Crippen LogP contribution in [0.25, 0.3) is 0 Å². The maximum absolute atomic E-state index is 10.9. The van der Waals surface area contributed by atoms with Crippen molar-refractivity contribution < 1.29 is 14.7 Å². The van der Waals surface area contributed by atoms with Crippen LogP contribution in [0.1, 0.15) is 32.5 Å². The highest BCUT2D eigenvalue weighted by molar-refractivity contribution is 7.12. The Balaban J connectivity index is 3.22. The molecule has 0 saturated carbocycles. The van der Waals surface area contributed by atoms with Crippen molar-refractivity contribution in [3.05, 3.63) is 21.4 Å². The van der Waals surface area contributed by atoms with Crippen LogP contribution in [0, 0.1) is 6.92 Å². The molecule has 3 nitrogen and oxygen atoms in total. The number of carboxylic acids is 1. The molecule has 0 atom stereocenters. The molecule has 0 aliphatic carbocycles. The first kappa shape index (κ1) is 8.93. The van der Waals surface area contributed by atoms with Gasteiger partial charge in [0.2, 0.25) is 0 Å². The van der Waals surface area contributed by atoms with Gasteiger partial charge in [0.15, 0.2) is 5.78 Å². The number of carbonyl (C=O) groups excluding carboxylic acids is 1. The third-order valence-electron chi connectivity index (χ3n) is 1.59. The average molecular weight is 184 g/mol. The zero-order valence-electron chi connectivity index (χ0n) is 6.75. The van der Waals surface area contributed by atoms with Crippen molar-refractivity contribution in [3.8, 4) is 0 Å². The lowest BCUT2D eigenvalue weighted by Crippen LogP contribution is -1.98. The van der Waals surface area contributed by atoms with Gasteiger partial charge in [-0.1, -0.05) is 0 Å². The lowest BCUT2D eigenvalue weighted by Gasteiger charge is -1.93. The van der Waals surface area contributed by atoms with Gasteiger partial charge >= 0.3 is 5.97 Å². The number of aromatic carboxylic acids is 1. The number of rotatable bonds is 2. The number of carboxylic acid groups (broad SMARTS) is 1. The summed E-state index contributed by atoms with van der Waals surface area (Å²) in [5, 5.41) is 10.2. The minimum atomic E-state index is -0.976. The van der Waals surface area contributed by atoms with Crippen LogP contribution in [0.15, 0.2) is 5.38 Å². The highest BCUT2D eigenvalue weighted by atomic mass is 32.1. The standard InChI is InChI=1S/C8H8O3S/c1-4-6(8(10)11)3-12-7(4)5(2)9/h3H,1-2H3,(H,10,11). The summed E-state index contributed by atoms with van der Waals surface area (Å²) < 4.78 is 0. The molecule has 0 unspecified atom stereocenters. The van der Waals surface area contributed by atoms with Gasteiger partial charge in [0, 0.05) is 5.38 Å². The first-order valence-corrected chi connectivity index (χ1v) is 4.24. The first-order chi connectivity index (χ1) is 5.54. The molecule has 0 saturated heterocycles. The van der Waals surface area contributed by atoms with Crippen LogP contribution in [0.2, 0.25) is 0 Å². The van der Waals surface area contributed by atoms with Crippen molar-refractivity contribution in [1.82, 2.24) is 0 Å². The van der Waals surface area contributed by atoms with Gasteiger partial charge in [-0.15, -0.1) is 11.3 Å². The fraction of sp³-hybridized carbons (Fsp3) is 0.250. The van der Waals surface area contributed by atoms with Crippen LogP contribution < -0.4 is 0 Å². The van der Waals surface area contributed by atoms with Crippen molar-refractivity contribution in [3.63, 3.8) is 0 Å². The van der Waals surface area contributed by atoms with Crippen molar-refractivity contribution in [2.24, 2.45) is 0 Å². The Morgan fingerprint density at radius 2 is 2.08 bits per heavy atom. The summed E-state index contributed by atoms with van der Waals surface area (Å²) in [6, 6.07) is 0. The van der Waals surface area contributed by atoms with Gasteiger partial charge in [0.25, 0.3) is 0 Å². The largest absolute Gasteiger partial charge is 0.478 e. The second-order valence-corrected chi connectivity index (χ2v) is 3.34. The van der Waals surface area contributed by atoms with Crippen LogP contribution in [-0.2, 0) is 0 Å². The highest BCUT2D eigenvalue weighted by Crippen LogP contribution is 2.21. The van der Waals surface area contributed by atoms with Crippen molar-refractivity contribution in [2.75, 3.05) is 0 Å². The minimum Gasteiger partial charge on any atom is -0.478 e. The number of hydrogen-bond acceptors (Lipinski definition) is 3. The van der Waals surface area contributed by atoms with E-state index in [-0.39, 0.29) is 11.3 Å². The van der Waals surface area contributed by atoms with E-state index in [4.69, 9.17) is 5.11 Å². The Hall–Kier alpha value is -1.16. The van der Waals surface area contributed by atoms with Gasteiger partial charge in [-0.25, -0.2) is 4.79 Å². The van der Waals surface area contributed by atoms with Gasteiger partial charge < -0.3 is 5.11 Å². The lowest BCUT2D eigenvalue weighted by atomic mass is 10.1. The Bertz CT molecular complexity index is 307. The number of ketones is 1. The van der Waals surface area contributed by atoms with Crippen molar-refractivity contribution in [2.45, 2.75) is 13.8 Å². The molecular formula is C8H8O3S. The SMILES string of the molecule is CC(=O)c1scc(C(=O)O)c1C. The maximum atomic E-state index is 10.9. The second-order valence-electron chi connectivity index (χ2n) is 2.46. The van der Waals surface area contributed by atoms with Crippen molar-refractivity contribution >= 4 is 23.1 Å². The smallest absolute Gasteiger partial charge is 0.336 e. The van der Waals surface area contributed by atoms with Crippen molar-refractivity contribution in [1.29, 1.82) is 0 Å². The van der Waals surface area contributed by atoms with Crippen LogP contribution in [0.4, 0.5) is 0 Å². The summed E-state index contributed by atoms with van der Waals surface area (Å²) in [5.41, 5.74) is 0.796. The number of Topliss-reactive ketones (excluding diaryl/α,β-unsaturated/α-hetero) is 1. The molecule has 0 fully saturated rings. The van der Waals surface area contributed by atoms with E-state index in [2.05, 4.69) is 0 Å². The molecule has 0 spiro atoms. The Morgan fingerprint density at radius 1 is 1.50 bits per heavy atom. The fourth-order valence-electron chi connectivity index (χ4n) is 0.975. The Morgan fingerprint density at radius 3 is 2.33 bits per heavy atom. The predicted octanol–water partition coefficient (Wildman–Crippen LogP) is 1.96. The lowest BCUT2D eigenvalue weighted by molar-refractivity contribution is 0.0696. The van der Waals surface area contributed by atoms with Gasteiger partial charge in [-0.05, 0) is 19.4 Å². The second kappa shape index (κ2) is 3.06. The van der Waals surface area contributed by atoms with E-state index in [0.717, 1.165) is 0 Å². The molecule has 1 aromatic rings. The molecule has 0 aromatic carbocycles. The molecule has 0 amide bonds. The van der Waals surface area contributed by atoms with E-state index in [0.29, 0.717) is 10.4 Å². The molecule has 64 valence electrons. The van der Waals surface area contributed by atoms with Gasteiger partial charge in [0.05, 0.1) is 10.4 Å². The molecule has 1 N–H and O–H groups in total. The molecule has 1 aromatic heterocycles. The topological polar surface area (TPSA) is 54.4 Å². The number of thiophene rings is 1. The monoisotopic (exact) mass is 184 g/mol. The summed E-state index contributed by atoms with van der Waals surface area (Å²) in [7, 11) is 0. The molecule has 1 heterocycles. The molecule has 0 aliphatic heterocycles. The predicted molar refractivity (Wildman–Crippen MR) is 46.0 cm³/mol. The summed E-state index contributed by atoms with van der Waals surface area (Å²) in [4.78, 5) is 22.0. The maximum Gasteiger partial charge on any atom is 0.336 e. The highest BCUT2D eigenvalue weighted by Gasteiger charge is 2.15. The number of hydrogen-bond donors (Lipinski definition) is 1. The normalized spacial score (nSPS) is 9.83. The van der Waals surface area contributed by atoms with E-state index < -0.39 is 5.97 Å². The van der Waals surface area contributed by atoms with Crippen LogP contribution in [-0.4, -0.2) is 16.9 Å². The molecule has 12 heavy (non-hydrogen) atoms. The van der Waals surface area contributed by atoms with Crippen LogP contribution in [0.5, 0.6) is 0 Å². The molecular weight excluding hydrogens is 176 g/mol. The molecule has 0 radical (unpaired) electrons. The number of carbonyl (C=O) groups is 2. The van der Waals surface area contributed by atoms with E-state index in [1.807, 2.05) is 0 Å². The zero-order valence-corrected chi connectivity index (χ0v) is 7.57. The average Bonchev–Trinajstić information content (AvgIpc) is 2.30. The Kier molecular flexibility index (Phi) is 2.28. The zero-order chi connectivity index (χ0) is 9.30. The molecule has 0 aliphatic rings. The van der Waals surface area contributed by atoms with E-state index in [1.165, 1.54) is 23.6 Å². The summed E-state index contributed by atoms with van der Waals surface area (Å²) in [6.45, 7) is 3.08. The summed E-state index contributed by atoms with van der Waals surface area (Å²) in [6.07, 6.45) is 0. The minimum absolute atomic E-state index is 0.0787. The third-order valence-corrected chi connectivity index (χ3v) is 2.77. The first-order valence-electron chi connectivity index (χ1n) is 3.36. The molecule has 0 bridgehead atoms. The Labute approximate surface area is 73.6 Å². The molecule has 1 rings (SSSR count). The van der Waals surface area contributed by atoms with Gasteiger partial charge in [0.1, 0.15) is 0 Å². The van der Waals surface area contributed by atoms with E-state index >= 15 is 0 Å². The van der Waals surface area contributed by atoms with Gasteiger partial charge in [-0.3, -0.25) is 4.79 Å². The third kappa shape index (κ3) is 1.38. The fourth-order valence-corrected chi connectivity index (χ4v) is 1.94.